The van der Waals surface area contributed by atoms with Crippen molar-refractivity contribution in [1.82, 2.24) is 14.5 Å². The molecule has 0 fully saturated rings. The molecule has 0 radical (unpaired) electrons. The summed E-state index contributed by atoms with van der Waals surface area (Å²) in [5.74, 6) is -1.94. The molecule has 0 bridgehead atoms. The molecule has 4 aromatic rings. The number of thioether (sulfide) groups is 1. The van der Waals surface area contributed by atoms with E-state index >= 15 is 0 Å². The van der Waals surface area contributed by atoms with Gasteiger partial charge in [-0.05, 0) is 48.7 Å². The lowest BCUT2D eigenvalue weighted by atomic mass is 10.0. The third-order valence-corrected chi connectivity index (χ3v) is 8.87. The number of hydrogen-bond donors (Lipinski definition) is 2. The van der Waals surface area contributed by atoms with Crippen LogP contribution in [0.25, 0.3) is 22.5 Å². The monoisotopic (exact) mass is 623 g/mol. The van der Waals surface area contributed by atoms with Crippen molar-refractivity contribution in [3.8, 4) is 22.5 Å². The molecule has 2 heterocycles. The fourth-order valence-electron chi connectivity index (χ4n) is 4.37. The van der Waals surface area contributed by atoms with Gasteiger partial charge in [-0.3, -0.25) is 14.2 Å². The van der Waals surface area contributed by atoms with Crippen LogP contribution in [0.15, 0.2) is 66.0 Å². The summed E-state index contributed by atoms with van der Waals surface area (Å²) in [6.07, 6.45) is 3.10. The average Bonchev–Trinajstić information content (AvgIpc) is 3.31. The number of aromatic nitrogens is 3. The van der Waals surface area contributed by atoms with E-state index in [-0.39, 0.29) is 18.2 Å². The van der Waals surface area contributed by atoms with Crippen LogP contribution in [0.2, 0.25) is 25.7 Å². The molecular weight excluding hydrogens is 589 g/mol. The number of hydrogen-bond acceptors (Lipinski definition) is 6. The lowest BCUT2D eigenvalue weighted by Crippen LogP contribution is -2.22. The molecule has 2 N–H and O–H groups in total. The Balaban J connectivity index is 1.71. The Morgan fingerprint density at radius 3 is 2.40 bits per heavy atom. The Bertz CT molecular complexity index is 1600. The van der Waals surface area contributed by atoms with Crippen molar-refractivity contribution in [2.45, 2.75) is 50.9 Å². The normalized spacial score (nSPS) is 11.4. The molecule has 0 aliphatic carbocycles. The molecule has 12 heteroatoms. The van der Waals surface area contributed by atoms with Gasteiger partial charge in [0.25, 0.3) is 0 Å². The second-order valence-corrected chi connectivity index (χ2v) is 17.6. The van der Waals surface area contributed by atoms with Crippen LogP contribution in [0, 0.1) is 11.6 Å². The summed E-state index contributed by atoms with van der Waals surface area (Å²) in [5.41, 5.74) is 3.02. The second-order valence-electron chi connectivity index (χ2n) is 11.2. The zero-order valence-electron chi connectivity index (χ0n) is 24.8. The number of halogens is 2. The number of nitrogens with zero attached hydrogens (tertiary/aromatic N) is 3. The number of nitrogens with one attached hydrogen (secondary N) is 2. The highest BCUT2D eigenvalue weighted by molar-refractivity contribution is 7.98. The quantitative estimate of drug-likeness (QED) is 0.0996. The summed E-state index contributed by atoms with van der Waals surface area (Å²) in [4.78, 5) is 33.7. The predicted molar refractivity (Wildman–Crippen MR) is 170 cm³/mol. The Hall–Kier alpha value is -3.87. The van der Waals surface area contributed by atoms with Crippen molar-refractivity contribution >= 4 is 43.2 Å². The van der Waals surface area contributed by atoms with Gasteiger partial charge < -0.3 is 15.4 Å². The molecule has 2 aromatic carbocycles. The summed E-state index contributed by atoms with van der Waals surface area (Å²) in [7, 11) is -1.30. The molecule has 43 heavy (non-hydrogen) atoms. The molecule has 0 aliphatic heterocycles. The highest BCUT2D eigenvalue weighted by atomic mass is 32.2. The first kappa shape index (κ1) is 32.0. The van der Waals surface area contributed by atoms with E-state index in [4.69, 9.17) is 9.72 Å². The Labute approximate surface area is 255 Å². The molecule has 0 unspecified atom stereocenters. The van der Waals surface area contributed by atoms with Gasteiger partial charge in [0.05, 0.1) is 17.8 Å². The zero-order chi connectivity index (χ0) is 31.1. The van der Waals surface area contributed by atoms with Gasteiger partial charge in [-0.15, -0.1) is 0 Å². The van der Waals surface area contributed by atoms with E-state index in [1.807, 2.05) is 23.0 Å². The van der Waals surface area contributed by atoms with Gasteiger partial charge in [-0.1, -0.05) is 49.6 Å². The Morgan fingerprint density at radius 2 is 1.72 bits per heavy atom. The number of ether oxygens (including phenoxy) is 1. The minimum Gasteiger partial charge on any atom is -0.361 e. The number of benzene rings is 2. The third kappa shape index (κ3) is 8.59. The predicted octanol–water partition coefficient (Wildman–Crippen LogP) is 7.06. The van der Waals surface area contributed by atoms with Crippen molar-refractivity contribution in [3.63, 3.8) is 0 Å². The highest BCUT2D eigenvalue weighted by Gasteiger charge is 2.22. The topological polar surface area (TPSA) is 98.1 Å². The van der Waals surface area contributed by atoms with Crippen LogP contribution in [0.4, 0.5) is 20.3 Å². The number of imidazole rings is 1. The van der Waals surface area contributed by atoms with Gasteiger partial charge in [0.2, 0.25) is 11.8 Å². The molecule has 4 rings (SSSR count). The smallest absolute Gasteiger partial charge is 0.229 e. The maximum Gasteiger partial charge on any atom is 0.229 e. The van der Waals surface area contributed by atoms with Crippen molar-refractivity contribution in [3.05, 3.63) is 78.0 Å². The summed E-state index contributed by atoms with van der Waals surface area (Å²) < 4.78 is 36.4. The number of rotatable bonds is 12. The van der Waals surface area contributed by atoms with Gasteiger partial charge in [-0.25, -0.2) is 18.7 Å². The largest absolute Gasteiger partial charge is 0.361 e. The molecular formula is C31H35F2N5O3SSi. The fourth-order valence-corrected chi connectivity index (χ4v) is 5.68. The first-order valence-corrected chi connectivity index (χ1v) is 18.7. The van der Waals surface area contributed by atoms with Gasteiger partial charge in [-0.2, -0.15) is 0 Å². The summed E-state index contributed by atoms with van der Waals surface area (Å²) >= 11 is 1.47. The summed E-state index contributed by atoms with van der Waals surface area (Å²) in [5, 5.41) is 6.20. The highest BCUT2D eigenvalue weighted by Crippen LogP contribution is 2.37. The van der Waals surface area contributed by atoms with Crippen LogP contribution in [-0.4, -0.2) is 47.3 Å². The van der Waals surface area contributed by atoms with E-state index in [0.29, 0.717) is 29.4 Å². The Morgan fingerprint density at radius 1 is 1.00 bits per heavy atom. The number of pyridine rings is 1. The maximum atomic E-state index is 14.1. The number of carbonyl (C=O) groups excluding carboxylic acids is 2. The molecule has 0 aliphatic rings. The molecule has 0 saturated heterocycles. The van der Waals surface area contributed by atoms with E-state index in [2.05, 4.69) is 35.3 Å². The van der Waals surface area contributed by atoms with Gasteiger partial charge in [0, 0.05) is 50.2 Å². The maximum absolute atomic E-state index is 14.1. The standard InChI is InChI=1S/C31H35F2N5O3SSi/c1-20(39)35-27-17-22(12-13-34-27)30-29(37-31(42-2)38(30)19-41-14-15-43(3,4)5)21-8-6-9-23(16-21)36-28(40)18-24-25(32)10-7-11-26(24)33/h6-13,16-17H,14-15,18-19H2,1-5H3,(H,36,40)(H,34,35,39). The molecule has 8 nitrogen and oxygen atoms in total. The first-order chi connectivity index (χ1) is 20.4. The van der Waals surface area contributed by atoms with Crippen LogP contribution >= 0.6 is 11.8 Å². The Kier molecular flexibility index (Phi) is 10.5. The molecule has 226 valence electrons. The molecule has 0 spiro atoms. The van der Waals surface area contributed by atoms with Gasteiger partial charge >= 0.3 is 0 Å². The lowest BCUT2D eigenvalue weighted by Gasteiger charge is -2.17. The van der Waals surface area contributed by atoms with Gasteiger partial charge in [0.15, 0.2) is 5.16 Å². The average molecular weight is 624 g/mol. The van der Waals surface area contributed by atoms with Crippen LogP contribution in [0.3, 0.4) is 0 Å². The zero-order valence-corrected chi connectivity index (χ0v) is 26.6. The number of anilines is 2. The van der Waals surface area contributed by atoms with Crippen LogP contribution in [0.1, 0.15) is 12.5 Å². The van der Waals surface area contributed by atoms with Crippen LogP contribution in [-0.2, 0) is 27.5 Å². The molecule has 2 aromatic heterocycles. The number of carbonyl (C=O) groups is 2. The SMILES string of the molecule is CSc1nc(-c2cccc(NC(=O)Cc3c(F)cccc3F)c2)c(-c2ccnc(NC(C)=O)c2)n1COCC[Si](C)(C)C. The van der Waals surface area contributed by atoms with Crippen LogP contribution in [0.5, 0.6) is 0 Å². The van der Waals surface area contributed by atoms with Crippen molar-refractivity contribution < 1.29 is 23.1 Å². The molecule has 0 atom stereocenters. The summed E-state index contributed by atoms with van der Waals surface area (Å²) in [6, 6.07) is 15.2. The van der Waals surface area contributed by atoms with Crippen molar-refractivity contribution in [2.24, 2.45) is 0 Å². The van der Waals surface area contributed by atoms with Crippen LogP contribution < -0.4 is 10.6 Å². The van der Waals surface area contributed by atoms with Crippen molar-refractivity contribution in [1.29, 1.82) is 0 Å². The van der Waals surface area contributed by atoms with E-state index in [9.17, 15) is 18.4 Å². The lowest BCUT2D eigenvalue weighted by molar-refractivity contribution is -0.116. The van der Waals surface area contributed by atoms with Gasteiger partial charge in [0.1, 0.15) is 24.2 Å². The van der Waals surface area contributed by atoms with E-state index in [1.165, 1.54) is 24.8 Å². The van der Waals surface area contributed by atoms with Crippen molar-refractivity contribution in [2.75, 3.05) is 23.5 Å². The third-order valence-electron chi connectivity index (χ3n) is 6.49. The molecule has 2 amide bonds. The second kappa shape index (κ2) is 14.1. The molecule has 0 saturated carbocycles. The number of amides is 2. The minimum atomic E-state index is -1.30. The van der Waals surface area contributed by atoms with E-state index in [1.54, 1.807) is 30.5 Å². The summed E-state index contributed by atoms with van der Waals surface area (Å²) in [6.45, 7) is 9.19. The minimum absolute atomic E-state index is 0.239. The van der Waals surface area contributed by atoms with E-state index in [0.717, 1.165) is 34.6 Å². The van der Waals surface area contributed by atoms with E-state index < -0.39 is 32.0 Å². The first-order valence-electron chi connectivity index (χ1n) is 13.7. The fraction of sp³-hybridized carbons (Fsp3) is 0.290.